The first-order chi connectivity index (χ1) is 17.6. The number of epoxide rings is 2. The fraction of sp³-hybridized carbons (Fsp3) is 0.741. The molecule has 2 aliphatic carbocycles. The molecular formula is C27H34O10. The Morgan fingerprint density at radius 1 is 0.946 bits per heavy atom. The fourth-order valence-electron chi connectivity index (χ4n) is 7.36. The zero-order chi connectivity index (χ0) is 26.2. The third-order valence-corrected chi connectivity index (χ3v) is 10.0. The lowest BCUT2D eigenvalue weighted by atomic mass is 9.50. The summed E-state index contributed by atoms with van der Waals surface area (Å²) in [5.41, 5.74) is -2.40. The predicted molar refractivity (Wildman–Crippen MR) is 125 cm³/mol. The smallest absolute Gasteiger partial charge is 0.335 e. The molecule has 4 heterocycles. The Kier molecular flexibility index (Phi) is 5.66. The van der Waals surface area contributed by atoms with Crippen LogP contribution in [0, 0.1) is 16.7 Å². The van der Waals surface area contributed by atoms with Gasteiger partial charge in [-0.2, -0.15) is 0 Å². The quantitative estimate of drug-likeness (QED) is 0.285. The number of aliphatic hydroxyl groups excluding tert-OH is 1. The highest BCUT2D eigenvalue weighted by molar-refractivity contribution is 5.84. The summed E-state index contributed by atoms with van der Waals surface area (Å²) in [6.45, 7) is 6.30. The standard InChI is InChI=1S/C27H34O10/c1-15-8-11-32-18(28)6-4-5-7-19(29)35-16-12-17-27(14-34-27)25(16,3)26(13-33-23(31)20(15)30)10-9-24(2)21(37-24)22(26)36-17/h4-7,15-17,20-22,30H,8-14H2,1-3H3/b6-4+,7-5+. The largest absolute Gasteiger partial charge is 0.463 e. The maximum absolute atomic E-state index is 13.0. The lowest BCUT2D eigenvalue weighted by molar-refractivity contribution is -0.252. The summed E-state index contributed by atoms with van der Waals surface area (Å²) in [7, 11) is 0. The van der Waals surface area contributed by atoms with Gasteiger partial charge in [0.25, 0.3) is 0 Å². The number of carbonyl (C=O) groups is 3. The molecule has 3 saturated heterocycles. The molecule has 10 atom stereocenters. The zero-order valence-corrected chi connectivity index (χ0v) is 21.3. The van der Waals surface area contributed by atoms with Crippen molar-refractivity contribution in [3.05, 3.63) is 24.3 Å². The third kappa shape index (κ3) is 3.56. The lowest BCUT2D eigenvalue weighted by Crippen LogP contribution is -2.69. The van der Waals surface area contributed by atoms with Crippen LogP contribution in [0.25, 0.3) is 0 Å². The Hall–Kier alpha value is -2.27. The second-order valence-corrected chi connectivity index (χ2v) is 11.8. The summed E-state index contributed by atoms with van der Waals surface area (Å²) in [5, 5.41) is 10.7. The molecule has 0 aromatic heterocycles. The van der Waals surface area contributed by atoms with Gasteiger partial charge >= 0.3 is 17.9 Å². The molecule has 2 bridgehead atoms. The van der Waals surface area contributed by atoms with Crippen molar-refractivity contribution in [1.29, 1.82) is 0 Å². The molecule has 10 unspecified atom stereocenters. The molecular weight excluding hydrogens is 484 g/mol. The number of ether oxygens (including phenoxy) is 6. The average Bonchev–Trinajstić information content (AvgIpc) is 3.77. The molecule has 0 aromatic carbocycles. The van der Waals surface area contributed by atoms with Crippen molar-refractivity contribution in [2.75, 3.05) is 19.8 Å². The minimum absolute atomic E-state index is 0.0217. The summed E-state index contributed by atoms with van der Waals surface area (Å²) in [6, 6.07) is 0. The Morgan fingerprint density at radius 3 is 2.41 bits per heavy atom. The second kappa shape index (κ2) is 8.36. The van der Waals surface area contributed by atoms with Crippen molar-refractivity contribution in [3.63, 3.8) is 0 Å². The molecule has 0 radical (unpaired) electrons. The number of aliphatic hydroxyl groups is 1. The van der Waals surface area contributed by atoms with Crippen molar-refractivity contribution in [2.45, 2.75) is 88.2 Å². The Balaban J connectivity index is 1.37. The van der Waals surface area contributed by atoms with E-state index < -0.39 is 52.5 Å². The van der Waals surface area contributed by atoms with E-state index in [-0.39, 0.29) is 43.5 Å². The number of hydrogen-bond donors (Lipinski definition) is 1. The lowest BCUT2D eigenvalue weighted by Gasteiger charge is -2.58. The van der Waals surface area contributed by atoms with E-state index in [9.17, 15) is 19.5 Å². The highest BCUT2D eigenvalue weighted by Gasteiger charge is 2.86. The summed E-state index contributed by atoms with van der Waals surface area (Å²) in [5.74, 6) is -2.38. The van der Waals surface area contributed by atoms with Gasteiger partial charge < -0.3 is 33.5 Å². The van der Waals surface area contributed by atoms with Crippen LogP contribution in [0.4, 0.5) is 0 Å². The van der Waals surface area contributed by atoms with E-state index >= 15 is 0 Å². The summed E-state index contributed by atoms with van der Waals surface area (Å²) in [6.07, 6.45) is 4.66. The molecule has 2 spiro atoms. The van der Waals surface area contributed by atoms with E-state index in [0.717, 1.165) is 6.42 Å². The summed E-state index contributed by atoms with van der Waals surface area (Å²) < 4.78 is 35.9. The van der Waals surface area contributed by atoms with E-state index in [0.29, 0.717) is 19.4 Å². The van der Waals surface area contributed by atoms with Crippen LogP contribution in [0.15, 0.2) is 24.3 Å². The maximum atomic E-state index is 13.0. The van der Waals surface area contributed by atoms with Gasteiger partial charge in [0.05, 0.1) is 36.4 Å². The first-order valence-corrected chi connectivity index (χ1v) is 13.1. The highest BCUT2D eigenvalue weighted by atomic mass is 16.7. The van der Waals surface area contributed by atoms with Gasteiger partial charge in [-0.05, 0) is 32.1 Å². The van der Waals surface area contributed by atoms with E-state index in [2.05, 4.69) is 13.8 Å². The van der Waals surface area contributed by atoms with Crippen molar-refractivity contribution in [1.82, 2.24) is 0 Å². The average molecular weight is 519 g/mol. The molecule has 202 valence electrons. The number of cyclic esters (lactones) is 2. The van der Waals surface area contributed by atoms with Gasteiger partial charge in [-0.25, -0.2) is 14.4 Å². The van der Waals surface area contributed by atoms with Gasteiger partial charge in [0.2, 0.25) is 0 Å². The minimum atomic E-state index is -1.38. The number of rotatable bonds is 0. The molecule has 5 fully saturated rings. The Bertz CT molecular complexity index is 1060. The normalized spacial score (nSPS) is 52.9. The van der Waals surface area contributed by atoms with Crippen LogP contribution in [0.1, 0.15) is 46.5 Å². The van der Waals surface area contributed by atoms with Gasteiger partial charge in [0.1, 0.15) is 24.4 Å². The van der Waals surface area contributed by atoms with Crippen molar-refractivity contribution >= 4 is 17.9 Å². The van der Waals surface area contributed by atoms with E-state index in [1.807, 2.05) is 0 Å². The summed E-state index contributed by atoms with van der Waals surface area (Å²) >= 11 is 0. The number of allylic oxidation sites excluding steroid dienone is 2. The molecule has 2 saturated carbocycles. The van der Waals surface area contributed by atoms with Gasteiger partial charge in [-0.1, -0.05) is 26.0 Å². The van der Waals surface area contributed by atoms with Crippen LogP contribution in [-0.2, 0) is 42.8 Å². The van der Waals surface area contributed by atoms with E-state index in [4.69, 9.17) is 28.4 Å². The molecule has 6 aliphatic rings. The Morgan fingerprint density at radius 2 is 1.68 bits per heavy atom. The first-order valence-electron chi connectivity index (χ1n) is 13.1. The summed E-state index contributed by atoms with van der Waals surface area (Å²) in [4.78, 5) is 37.7. The molecule has 10 heteroatoms. The van der Waals surface area contributed by atoms with E-state index in [1.54, 1.807) is 6.92 Å². The monoisotopic (exact) mass is 518 g/mol. The van der Waals surface area contributed by atoms with Crippen LogP contribution in [-0.4, -0.2) is 84.6 Å². The third-order valence-electron chi connectivity index (χ3n) is 10.0. The number of hydrogen-bond acceptors (Lipinski definition) is 10. The van der Waals surface area contributed by atoms with Crippen molar-refractivity contribution in [3.8, 4) is 0 Å². The molecule has 1 N–H and O–H groups in total. The topological polar surface area (TPSA) is 133 Å². The van der Waals surface area contributed by atoms with Gasteiger partial charge in [0, 0.05) is 24.0 Å². The number of carbonyl (C=O) groups excluding carboxylic acids is 3. The van der Waals surface area contributed by atoms with Gasteiger partial charge in [-0.15, -0.1) is 0 Å². The molecule has 37 heavy (non-hydrogen) atoms. The van der Waals surface area contributed by atoms with Crippen molar-refractivity contribution in [2.24, 2.45) is 16.7 Å². The van der Waals surface area contributed by atoms with Crippen LogP contribution in [0.2, 0.25) is 0 Å². The zero-order valence-electron chi connectivity index (χ0n) is 21.3. The molecule has 6 rings (SSSR count). The SMILES string of the molecule is CC1CCOC(=O)/C=C/C=C/C(=O)OC2CC3OC4C5OC5(C)CCC4(COC(=O)C1O)C2(C)C31CO1. The van der Waals surface area contributed by atoms with E-state index in [1.165, 1.54) is 24.3 Å². The maximum Gasteiger partial charge on any atom is 0.335 e. The molecule has 4 aliphatic heterocycles. The second-order valence-electron chi connectivity index (χ2n) is 11.8. The molecule has 10 nitrogen and oxygen atoms in total. The predicted octanol–water partition coefficient (Wildman–Crippen LogP) is 1.38. The number of esters is 3. The van der Waals surface area contributed by atoms with Crippen LogP contribution in [0.3, 0.4) is 0 Å². The van der Waals surface area contributed by atoms with Crippen LogP contribution < -0.4 is 0 Å². The molecule has 0 amide bonds. The Labute approximate surface area is 215 Å². The highest BCUT2D eigenvalue weighted by Crippen LogP contribution is 2.75. The molecule has 0 aromatic rings. The first kappa shape index (κ1) is 25.0. The fourth-order valence-corrected chi connectivity index (χ4v) is 7.36. The van der Waals surface area contributed by atoms with Crippen molar-refractivity contribution < 1.29 is 47.9 Å². The number of fused-ring (bicyclic) bond motifs is 2. The minimum Gasteiger partial charge on any atom is -0.463 e. The van der Waals surface area contributed by atoms with Gasteiger partial charge in [-0.3, -0.25) is 0 Å². The van der Waals surface area contributed by atoms with Crippen LogP contribution in [0.5, 0.6) is 0 Å². The van der Waals surface area contributed by atoms with Crippen LogP contribution >= 0.6 is 0 Å². The van der Waals surface area contributed by atoms with Gasteiger partial charge in [0.15, 0.2) is 6.10 Å².